The van der Waals surface area contributed by atoms with E-state index in [4.69, 9.17) is 26.3 Å². The SMILES string of the molecule is CC(N)(COCCN=[N+]=[N-])COCCN=[N+]=[N-]. The Kier molecular flexibility index (Phi) is 8.85. The standard InChI is InChI=1S/C8H17N7O2/c1-8(9,6-16-4-2-12-14-10)7-17-5-3-13-15-11/h2-7,9H2,1H3. The maximum atomic E-state index is 8.04. The van der Waals surface area contributed by atoms with Crippen molar-refractivity contribution < 1.29 is 9.47 Å². The zero-order valence-electron chi connectivity index (χ0n) is 9.82. The van der Waals surface area contributed by atoms with Crippen molar-refractivity contribution in [1.29, 1.82) is 0 Å². The van der Waals surface area contributed by atoms with Gasteiger partial charge in [-0.25, -0.2) is 0 Å². The Morgan fingerprint density at radius 1 is 1.06 bits per heavy atom. The first kappa shape index (κ1) is 15.5. The van der Waals surface area contributed by atoms with Crippen LogP contribution in [-0.4, -0.2) is 45.1 Å². The van der Waals surface area contributed by atoms with E-state index in [2.05, 4.69) is 20.1 Å². The van der Waals surface area contributed by atoms with E-state index in [1.165, 1.54) is 0 Å². The van der Waals surface area contributed by atoms with Crippen LogP contribution in [0.25, 0.3) is 20.9 Å². The molecule has 0 saturated heterocycles. The summed E-state index contributed by atoms with van der Waals surface area (Å²) in [5.74, 6) is 0. The number of rotatable bonds is 10. The van der Waals surface area contributed by atoms with Gasteiger partial charge < -0.3 is 15.2 Å². The third-order valence-corrected chi connectivity index (χ3v) is 1.66. The van der Waals surface area contributed by atoms with Crippen LogP contribution in [0.15, 0.2) is 10.2 Å². The van der Waals surface area contributed by atoms with Crippen molar-refractivity contribution in [2.45, 2.75) is 12.5 Å². The van der Waals surface area contributed by atoms with E-state index in [1.54, 1.807) is 6.92 Å². The molecule has 0 amide bonds. The van der Waals surface area contributed by atoms with Crippen molar-refractivity contribution in [1.82, 2.24) is 0 Å². The van der Waals surface area contributed by atoms with Gasteiger partial charge >= 0.3 is 0 Å². The monoisotopic (exact) mass is 243 g/mol. The summed E-state index contributed by atoms with van der Waals surface area (Å²) in [4.78, 5) is 5.19. The normalized spacial score (nSPS) is 13.3. The van der Waals surface area contributed by atoms with Crippen LogP contribution in [0.4, 0.5) is 0 Å². The molecule has 9 heteroatoms. The van der Waals surface area contributed by atoms with E-state index in [0.29, 0.717) is 26.4 Å². The highest BCUT2D eigenvalue weighted by Gasteiger charge is 2.18. The predicted molar refractivity (Wildman–Crippen MR) is 62.3 cm³/mol. The maximum Gasteiger partial charge on any atom is 0.0666 e. The third kappa shape index (κ3) is 10.8. The summed E-state index contributed by atoms with van der Waals surface area (Å²) in [6.45, 7) is 3.61. The van der Waals surface area contributed by atoms with Gasteiger partial charge in [-0.15, -0.1) is 0 Å². The summed E-state index contributed by atoms with van der Waals surface area (Å²) in [6, 6.07) is 0. The first-order chi connectivity index (χ1) is 8.12. The maximum absolute atomic E-state index is 8.04. The van der Waals surface area contributed by atoms with E-state index in [-0.39, 0.29) is 13.1 Å². The molecule has 0 spiro atoms. The summed E-state index contributed by atoms with van der Waals surface area (Å²) >= 11 is 0. The number of nitrogens with two attached hydrogens (primary N) is 1. The highest BCUT2D eigenvalue weighted by atomic mass is 16.5. The Morgan fingerprint density at radius 2 is 1.47 bits per heavy atom. The summed E-state index contributed by atoms with van der Waals surface area (Å²) < 4.78 is 10.5. The van der Waals surface area contributed by atoms with Crippen LogP contribution in [0.1, 0.15) is 6.92 Å². The van der Waals surface area contributed by atoms with Gasteiger partial charge in [-0.2, -0.15) is 0 Å². The van der Waals surface area contributed by atoms with Gasteiger partial charge in [0.05, 0.1) is 32.0 Å². The molecule has 0 aromatic carbocycles. The molecule has 96 valence electrons. The molecule has 0 aliphatic heterocycles. The molecular weight excluding hydrogens is 226 g/mol. The molecule has 0 unspecified atom stereocenters. The number of hydrogen-bond donors (Lipinski definition) is 1. The Balaban J connectivity index is 3.57. The van der Waals surface area contributed by atoms with Crippen LogP contribution in [0.2, 0.25) is 0 Å². The van der Waals surface area contributed by atoms with Gasteiger partial charge in [0.2, 0.25) is 0 Å². The lowest BCUT2D eigenvalue weighted by molar-refractivity contribution is 0.0349. The molecule has 0 aromatic heterocycles. The minimum atomic E-state index is -0.618. The van der Waals surface area contributed by atoms with E-state index < -0.39 is 5.54 Å². The second kappa shape index (κ2) is 9.71. The lowest BCUT2D eigenvalue weighted by atomic mass is 10.1. The third-order valence-electron chi connectivity index (χ3n) is 1.66. The highest BCUT2D eigenvalue weighted by Crippen LogP contribution is 2.01. The molecule has 0 aliphatic rings. The molecule has 0 aromatic rings. The molecule has 9 nitrogen and oxygen atoms in total. The van der Waals surface area contributed by atoms with Crippen molar-refractivity contribution in [3.8, 4) is 0 Å². The van der Waals surface area contributed by atoms with Gasteiger partial charge in [-0.05, 0) is 18.0 Å². The first-order valence-electron chi connectivity index (χ1n) is 5.08. The minimum absolute atomic E-state index is 0.282. The van der Waals surface area contributed by atoms with Crippen molar-refractivity contribution in [2.24, 2.45) is 16.0 Å². The van der Waals surface area contributed by atoms with Crippen LogP contribution in [0.5, 0.6) is 0 Å². The number of nitrogens with zero attached hydrogens (tertiary/aromatic N) is 6. The smallest absolute Gasteiger partial charge is 0.0666 e. The second-order valence-corrected chi connectivity index (χ2v) is 3.67. The fourth-order valence-corrected chi connectivity index (χ4v) is 0.953. The molecule has 0 saturated carbocycles. The number of azide groups is 2. The van der Waals surface area contributed by atoms with E-state index in [9.17, 15) is 0 Å². The van der Waals surface area contributed by atoms with Gasteiger partial charge in [-0.1, -0.05) is 10.2 Å². The molecule has 0 rings (SSSR count). The van der Waals surface area contributed by atoms with E-state index >= 15 is 0 Å². The Morgan fingerprint density at radius 3 is 1.82 bits per heavy atom. The van der Waals surface area contributed by atoms with Crippen LogP contribution in [0.3, 0.4) is 0 Å². The average Bonchev–Trinajstić information content (AvgIpc) is 2.28. The van der Waals surface area contributed by atoms with Crippen molar-refractivity contribution in [3.05, 3.63) is 20.9 Å². The zero-order chi connectivity index (χ0) is 13.0. The topological polar surface area (TPSA) is 142 Å². The Labute approximate surface area is 99.1 Å². The lowest BCUT2D eigenvalue weighted by Gasteiger charge is -2.23. The predicted octanol–water partition coefficient (Wildman–Crippen LogP) is 1.36. The highest BCUT2D eigenvalue weighted by molar-refractivity contribution is 4.77. The second-order valence-electron chi connectivity index (χ2n) is 3.67. The van der Waals surface area contributed by atoms with E-state index in [1.807, 2.05) is 0 Å². The van der Waals surface area contributed by atoms with Crippen molar-refractivity contribution >= 4 is 0 Å². The molecule has 0 aliphatic carbocycles. The van der Waals surface area contributed by atoms with Gasteiger partial charge in [-0.3, -0.25) is 0 Å². The van der Waals surface area contributed by atoms with Gasteiger partial charge in [0, 0.05) is 22.9 Å². The lowest BCUT2D eigenvalue weighted by Crippen LogP contribution is -2.46. The van der Waals surface area contributed by atoms with Gasteiger partial charge in [0.1, 0.15) is 0 Å². The molecule has 2 N–H and O–H groups in total. The fraction of sp³-hybridized carbons (Fsp3) is 1.00. The summed E-state index contributed by atoms with van der Waals surface area (Å²) in [5, 5.41) is 6.65. The zero-order valence-corrected chi connectivity index (χ0v) is 9.82. The van der Waals surface area contributed by atoms with Gasteiger partial charge in [0.25, 0.3) is 0 Å². The quantitative estimate of drug-likeness (QED) is 0.268. The van der Waals surface area contributed by atoms with E-state index in [0.717, 1.165) is 0 Å². The van der Waals surface area contributed by atoms with Crippen LogP contribution >= 0.6 is 0 Å². The summed E-state index contributed by atoms with van der Waals surface area (Å²) in [5.41, 5.74) is 21.3. The Hall–Kier alpha value is -1.50. The average molecular weight is 243 g/mol. The molecule has 0 bridgehead atoms. The fourth-order valence-electron chi connectivity index (χ4n) is 0.953. The largest absolute Gasteiger partial charge is 0.379 e. The molecule has 0 atom stereocenters. The minimum Gasteiger partial charge on any atom is -0.379 e. The van der Waals surface area contributed by atoms with Crippen LogP contribution in [-0.2, 0) is 9.47 Å². The molecule has 17 heavy (non-hydrogen) atoms. The summed E-state index contributed by atoms with van der Waals surface area (Å²) in [7, 11) is 0. The van der Waals surface area contributed by atoms with Crippen molar-refractivity contribution in [2.75, 3.05) is 39.5 Å². The molecule has 0 radical (unpaired) electrons. The number of ether oxygens (including phenoxy) is 2. The Bertz CT molecular complexity index is 266. The van der Waals surface area contributed by atoms with Crippen LogP contribution < -0.4 is 5.73 Å². The van der Waals surface area contributed by atoms with Crippen LogP contribution in [0, 0.1) is 0 Å². The molecule has 0 fully saturated rings. The first-order valence-corrected chi connectivity index (χ1v) is 5.08. The summed E-state index contributed by atoms with van der Waals surface area (Å²) in [6.07, 6.45) is 0. The van der Waals surface area contributed by atoms with Crippen molar-refractivity contribution in [3.63, 3.8) is 0 Å². The molecular formula is C8H17N7O2. The number of hydrogen-bond acceptors (Lipinski definition) is 5. The molecule has 0 heterocycles. The van der Waals surface area contributed by atoms with Gasteiger partial charge in [0.15, 0.2) is 0 Å².